The van der Waals surface area contributed by atoms with Crippen LogP contribution in [0.3, 0.4) is 0 Å². The van der Waals surface area contributed by atoms with Gasteiger partial charge in [-0.25, -0.2) is 0 Å². The lowest BCUT2D eigenvalue weighted by molar-refractivity contribution is -0.120. The van der Waals surface area contributed by atoms with Crippen LogP contribution in [0.25, 0.3) is 0 Å². The number of carbonyl (C=O) groups is 1. The number of hydrogen-bond donors (Lipinski definition) is 1. The molecule has 0 spiro atoms. The van der Waals surface area contributed by atoms with Gasteiger partial charge in [0, 0.05) is 6.66 Å². The van der Waals surface area contributed by atoms with Crippen LogP contribution in [0.4, 0.5) is 0 Å². The third kappa shape index (κ3) is 6.34. The summed E-state index contributed by atoms with van der Waals surface area (Å²) in [4.78, 5) is 10.2. The predicted octanol–water partition coefficient (Wildman–Crippen LogP) is 0.738. The van der Waals surface area contributed by atoms with Gasteiger partial charge in [-0.2, -0.15) is 0 Å². The number of carbonyl (C=O) groups excluding carboxylic acids is 1. The second-order valence-corrected chi connectivity index (χ2v) is 4.40. The van der Waals surface area contributed by atoms with Crippen molar-refractivity contribution < 1.29 is 18.4 Å². The van der Waals surface area contributed by atoms with Crippen LogP contribution in [-0.4, -0.2) is 25.8 Å². The zero-order valence-electron chi connectivity index (χ0n) is 7.28. The van der Waals surface area contributed by atoms with Gasteiger partial charge in [0.2, 0.25) is 5.91 Å². The molecular formula is C6H14NO4P. The van der Waals surface area contributed by atoms with Gasteiger partial charge >= 0.3 is 7.60 Å². The minimum Gasteiger partial charge on any atom is -0.368 e. The minimum absolute atomic E-state index is 0.354. The van der Waals surface area contributed by atoms with E-state index < -0.39 is 13.5 Å². The zero-order chi connectivity index (χ0) is 9.61. The van der Waals surface area contributed by atoms with Crippen molar-refractivity contribution in [3.63, 3.8) is 0 Å². The Morgan fingerprint density at radius 1 is 1.50 bits per heavy atom. The summed E-state index contributed by atoms with van der Waals surface area (Å²) in [7, 11) is -3.06. The van der Waals surface area contributed by atoms with E-state index in [4.69, 9.17) is 10.3 Å². The molecule has 5 nitrogen and oxygen atoms in total. The molecule has 1 atom stereocenters. The summed E-state index contributed by atoms with van der Waals surface area (Å²) in [5.41, 5.74) is 4.79. The maximum Gasteiger partial charge on any atom is 0.328 e. The Labute approximate surface area is 71.8 Å². The van der Waals surface area contributed by atoms with Gasteiger partial charge in [-0.1, -0.05) is 6.92 Å². The van der Waals surface area contributed by atoms with Crippen LogP contribution in [-0.2, 0) is 18.4 Å². The molecule has 0 bridgehead atoms. The van der Waals surface area contributed by atoms with E-state index in [9.17, 15) is 9.36 Å². The Morgan fingerprint density at radius 2 is 2.08 bits per heavy atom. The van der Waals surface area contributed by atoms with Crippen LogP contribution in [0, 0.1) is 0 Å². The molecule has 0 heterocycles. The lowest BCUT2D eigenvalue weighted by Crippen LogP contribution is -2.17. The van der Waals surface area contributed by atoms with Crippen LogP contribution >= 0.6 is 7.60 Å². The van der Waals surface area contributed by atoms with Gasteiger partial charge < -0.3 is 10.3 Å². The summed E-state index contributed by atoms with van der Waals surface area (Å²) in [5, 5.41) is 0. The molecule has 6 heteroatoms. The van der Waals surface area contributed by atoms with E-state index in [0.29, 0.717) is 6.61 Å². The lowest BCUT2D eigenvalue weighted by atomic mass is 10.5. The van der Waals surface area contributed by atoms with Crippen molar-refractivity contribution in [2.45, 2.75) is 13.3 Å². The highest BCUT2D eigenvalue weighted by Gasteiger charge is 2.16. The number of rotatable bonds is 6. The van der Waals surface area contributed by atoms with Crippen molar-refractivity contribution in [2.75, 3.05) is 19.9 Å². The molecule has 2 N–H and O–H groups in total. The summed E-state index contributed by atoms with van der Waals surface area (Å²) in [6, 6.07) is 0. The maximum absolute atomic E-state index is 11.2. The van der Waals surface area contributed by atoms with Crippen molar-refractivity contribution in [3.05, 3.63) is 0 Å². The second kappa shape index (κ2) is 5.30. The Bertz CT molecular complexity index is 194. The Morgan fingerprint density at radius 3 is 2.50 bits per heavy atom. The summed E-state index contributed by atoms with van der Waals surface area (Å²) in [6.45, 7) is 3.18. The summed E-state index contributed by atoms with van der Waals surface area (Å²) in [5.74, 6) is -0.655. The highest BCUT2D eigenvalue weighted by atomic mass is 31.2. The topological polar surface area (TPSA) is 78.6 Å². The molecule has 0 aliphatic carbocycles. The molecule has 0 saturated carbocycles. The summed E-state index contributed by atoms with van der Waals surface area (Å²) in [6.07, 6.45) is 0.748. The van der Waals surface area contributed by atoms with Crippen molar-refractivity contribution in [3.8, 4) is 0 Å². The average molecular weight is 195 g/mol. The third-order valence-corrected chi connectivity index (χ3v) is 2.22. The van der Waals surface area contributed by atoms with Gasteiger partial charge in [-0.05, 0) is 6.42 Å². The monoisotopic (exact) mass is 195 g/mol. The fourth-order valence-electron chi connectivity index (χ4n) is 0.475. The van der Waals surface area contributed by atoms with Crippen molar-refractivity contribution in [1.29, 1.82) is 0 Å². The first-order valence-corrected chi connectivity index (χ1v) is 5.62. The molecule has 0 saturated heterocycles. The highest BCUT2D eigenvalue weighted by molar-refractivity contribution is 7.53. The van der Waals surface area contributed by atoms with Crippen LogP contribution < -0.4 is 5.73 Å². The van der Waals surface area contributed by atoms with E-state index in [2.05, 4.69) is 4.52 Å². The van der Waals surface area contributed by atoms with E-state index in [0.717, 1.165) is 6.42 Å². The molecule has 1 amide bonds. The van der Waals surface area contributed by atoms with Crippen LogP contribution in [0.2, 0.25) is 0 Å². The van der Waals surface area contributed by atoms with Gasteiger partial charge in [-0.3, -0.25) is 13.9 Å². The van der Waals surface area contributed by atoms with E-state index in [1.807, 2.05) is 6.92 Å². The predicted molar refractivity (Wildman–Crippen MR) is 44.9 cm³/mol. The molecule has 0 fully saturated rings. The third-order valence-electron chi connectivity index (χ3n) is 0.971. The van der Waals surface area contributed by atoms with Gasteiger partial charge in [0.05, 0.1) is 6.61 Å². The first-order chi connectivity index (χ1) is 5.48. The van der Waals surface area contributed by atoms with E-state index in [1.54, 1.807) is 0 Å². The number of amides is 1. The summed E-state index contributed by atoms with van der Waals surface area (Å²) >= 11 is 0. The minimum atomic E-state index is -3.06. The molecule has 0 aliphatic heterocycles. The largest absolute Gasteiger partial charge is 0.368 e. The van der Waals surface area contributed by atoms with Crippen molar-refractivity contribution in [1.82, 2.24) is 0 Å². The van der Waals surface area contributed by atoms with Crippen molar-refractivity contribution >= 4 is 13.5 Å². The Hall–Kier alpha value is -0.380. The smallest absolute Gasteiger partial charge is 0.328 e. The number of hydrogen-bond acceptors (Lipinski definition) is 4. The molecule has 72 valence electrons. The molecule has 1 unspecified atom stereocenters. The van der Waals surface area contributed by atoms with Gasteiger partial charge in [0.25, 0.3) is 0 Å². The normalized spacial score (nSPS) is 15.5. The van der Waals surface area contributed by atoms with Gasteiger partial charge in [0.15, 0.2) is 0 Å². The van der Waals surface area contributed by atoms with Gasteiger partial charge in [-0.15, -0.1) is 0 Å². The fourth-order valence-corrected chi connectivity index (χ4v) is 1.43. The van der Waals surface area contributed by atoms with Crippen LogP contribution in [0.15, 0.2) is 0 Å². The molecule has 0 aromatic heterocycles. The summed E-state index contributed by atoms with van der Waals surface area (Å²) < 4.78 is 20.7. The molecule has 0 aliphatic rings. The maximum atomic E-state index is 11.2. The quantitative estimate of drug-likeness (QED) is 0.634. The van der Waals surface area contributed by atoms with E-state index in [-0.39, 0.29) is 6.61 Å². The lowest BCUT2D eigenvalue weighted by Gasteiger charge is -2.11. The SMILES string of the molecule is CCCOP(C)(=O)OCC(N)=O. The first kappa shape index (κ1) is 11.6. The Balaban J connectivity index is 3.71. The molecular weight excluding hydrogens is 181 g/mol. The fraction of sp³-hybridized carbons (Fsp3) is 0.833. The van der Waals surface area contributed by atoms with Crippen LogP contribution in [0.1, 0.15) is 13.3 Å². The van der Waals surface area contributed by atoms with E-state index >= 15 is 0 Å². The number of primary amides is 1. The average Bonchev–Trinajstić information content (AvgIpc) is 1.98. The van der Waals surface area contributed by atoms with Crippen molar-refractivity contribution in [2.24, 2.45) is 5.73 Å². The standard InChI is InChI=1S/C6H14NO4P/c1-3-4-10-12(2,9)11-5-6(7)8/h3-5H2,1-2H3,(H2,7,8). The molecule has 0 aromatic rings. The Kier molecular flexibility index (Phi) is 5.13. The molecule has 0 aromatic carbocycles. The van der Waals surface area contributed by atoms with Crippen LogP contribution in [0.5, 0.6) is 0 Å². The molecule has 12 heavy (non-hydrogen) atoms. The number of nitrogens with two attached hydrogens (primary N) is 1. The molecule has 0 rings (SSSR count). The first-order valence-electron chi connectivity index (χ1n) is 3.63. The highest BCUT2D eigenvalue weighted by Crippen LogP contribution is 2.43. The van der Waals surface area contributed by atoms with E-state index in [1.165, 1.54) is 6.66 Å². The molecule has 0 radical (unpaired) electrons. The zero-order valence-corrected chi connectivity index (χ0v) is 8.17. The van der Waals surface area contributed by atoms with Gasteiger partial charge in [0.1, 0.15) is 6.61 Å². The second-order valence-electron chi connectivity index (χ2n) is 2.34.